The minimum Gasteiger partial charge on any atom is -0.504 e. The first-order valence-electron chi connectivity index (χ1n) is 8.30. The number of imidazole rings is 1. The molecule has 2 N–H and O–H groups in total. The maximum atomic E-state index is 13.8. The molecule has 0 fully saturated rings. The van der Waals surface area contributed by atoms with Gasteiger partial charge in [0.1, 0.15) is 11.3 Å². The molecule has 0 saturated heterocycles. The molecule has 0 saturated carbocycles. The molecule has 0 spiro atoms. The lowest BCUT2D eigenvalue weighted by Crippen LogP contribution is -2.01. The molecule has 4 rings (SSSR count). The molecule has 0 unspecified atom stereocenters. The zero-order valence-electron chi connectivity index (χ0n) is 14.8. The van der Waals surface area contributed by atoms with Crippen LogP contribution in [0.2, 0.25) is 0 Å². The van der Waals surface area contributed by atoms with Crippen LogP contribution in [0.25, 0.3) is 28.0 Å². The number of hydrogen-bond acceptors (Lipinski definition) is 5. The number of pyridine rings is 1. The second-order valence-electron chi connectivity index (χ2n) is 5.95. The quantitative estimate of drug-likeness (QED) is 0.573. The van der Waals surface area contributed by atoms with Gasteiger partial charge in [0, 0.05) is 12.6 Å². The Morgan fingerprint density at radius 2 is 2.00 bits per heavy atom. The number of aromatic nitrogens is 3. The van der Waals surface area contributed by atoms with E-state index >= 15 is 0 Å². The van der Waals surface area contributed by atoms with Crippen molar-refractivity contribution in [3.63, 3.8) is 0 Å². The number of anilines is 1. The van der Waals surface area contributed by atoms with E-state index in [-0.39, 0.29) is 11.6 Å². The highest BCUT2D eigenvalue weighted by molar-refractivity contribution is 5.84. The fourth-order valence-corrected chi connectivity index (χ4v) is 3.02. The summed E-state index contributed by atoms with van der Waals surface area (Å²) in [6.45, 7) is 0. The lowest BCUT2D eigenvalue weighted by molar-refractivity contribution is 0.373. The Morgan fingerprint density at radius 1 is 1.15 bits per heavy atom. The van der Waals surface area contributed by atoms with Crippen molar-refractivity contribution in [2.24, 2.45) is 0 Å². The smallest absolute Gasteiger partial charge is 0.208 e. The van der Waals surface area contributed by atoms with Crippen molar-refractivity contribution in [3.05, 3.63) is 60.5 Å². The van der Waals surface area contributed by atoms with E-state index in [0.29, 0.717) is 28.6 Å². The summed E-state index contributed by atoms with van der Waals surface area (Å²) >= 11 is 0. The highest BCUT2D eigenvalue weighted by Gasteiger charge is 2.14. The second-order valence-corrected chi connectivity index (χ2v) is 5.95. The fourth-order valence-electron chi connectivity index (χ4n) is 3.02. The van der Waals surface area contributed by atoms with Crippen molar-refractivity contribution >= 4 is 17.0 Å². The third kappa shape index (κ3) is 2.93. The highest BCUT2D eigenvalue weighted by Crippen LogP contribution is 2.33. The van der Waals surface area contributed by atoms with Gasteiger partial charge in [0.15, 0.2) is 11.5 Å². The minimum atomic E-state index is -0.325. The van der Waals surface area contributed by atoms with Crippen LogP contribution in [0.4, 0.5) is 10.3 Å². The Bertz CT molecular complexity index is 1140. The number of aromatic hydroxyl groups is 1. The van der Waals surface area contributed by atoms with Gasteiger partial charge in [-0.1, -0.05) is 6.07 Å². The Labute approximate surface area is 154 Å². The first-order chi connectivity index (χ1) is 13.1. The van der Waals surface area contributed by atoms with Gasteiger partial charge in [-0.15, -0.1) is 0 Å². The molecule has 0 atom stereocenters. The lowest BCUT2D eigenvalue weighted by atomic mass is 10.1. The number of hydrogen-bond donors (Lipinski definition) is 2. The number of benzene rings is 2. The number of nitrogens with one attached hydrogen (secondary N) is 1. The van der Waals surface area contributed by atoms with Crippen molar-refractivity contribution in [2.45, 2.75) is 0 Å². The van der Waals surface area contributed by atoms with E-state index in [9.17, 15) is 9.50 Å². The van der Waals surface area contributed by atoms with Crippen molar-refractivity contribution in [3.8, 4) is 28.4 Å². The first kappa shape index (κ1) is 16.8. The van der Waals surface area contributed by atoms with E-state index in [0.717, 1.165) is 11.1 Å². The number of ether oxygens (including phenoxy) is 1. The summed E-state index contributed by atoms with van der Waals surface area (Å²) in [7, 11) is 3.25. The molecule has 6 nitrogen and oxygen atoms in total. The summed E-state index contributed by atoms with van der Waals surface area (Å²) in [6.07, 6.45) is 1.67. The van der Waals surface area contributed by atoms with Crippen LogP contribution in [0.1, 0.15) is 0 Å². The molecule has 7 heteroatoms. The predicted molar refractivity (Wildman–Crippen MR) is 102 cm³/mol. The average Bonchev–Trinajstić information content (AvgIpc) is 3.06. The number of methoxy groups -OCH3 is 1. The second kappa shape index (κ2) is 6.60. The molecule has 136 valence electrons. The number of phenolic OH excluding ortho intramolecular Hbond substituents is 1. The Morgan fingerprint density at radius 3 is 2.74 bits per heavy atom. The minimum absolute atomic E-state index is 0.0598. The molecule has 0 radical (unpaired) electrons. The molecule has 0 aliphatic carbocycles. The topological polar surface area (TPSA) is 72.2 Å². The number of fused-ring (bicyclic) bond motifs is 1. The van der Waals surface area contributed by atoms with Crippen molar-refractivity contribution < 1.29 is 14.2 Å². The molecular formula is C20H17FN4O2. The summed E-state index contributed by atoms with van der Waals surface area (Å²) in [5.41, 5.74) is 3.58. The lowest BCUT2D eigenvalue weighted by Gasteiger charge is -2.10. The van der Waals surface area contributed by atoms with Crippen LogP contribution in [0.3, 0.4) is 0 Å². The van der Waals surface area contributed by atoms with Gasteiger partial charge < -0.3 is 15.2 Å². The Hall–Kier alpha value is -3.61. The molecule has 0 amide bonds. The van der Waals surface area contributed by atoms with Crippen molar-refractivity contribution in [2.75, 3.05) is 19.5 Å². The number of phenols is 1. The Kier molecular flexibility index (Phi) is 4.12. The molecule has 0 aliphatic heterocycles. The SMILES string of the molecule is CNc1nc2cnc(-c3ccc(O)c(OC)c3)cc2n1-c1cccc(F)c1. The molecule has 0 aliphatic rings. The molecule has 27 heavy (non-hydrogen) atoms. The van der Waals surface area contributed by atoms with E-state index in [1.165, 1.54) is 19.2 Å². The third-order valence-electron chi connectivity index (χ3n) is 4.31. The van der Waals surface area contributed by atoms with Gasteiger partial charge in [0.2, 0.25) is 5.95 Å². The summed E-state index contributed by atoms with van der Waals surface area (Å²) in [6, 6.07) is 13.2. The van der Waals surface area contributed by atoms with E-state index in [1.807, 2.05) is 16.7 Å². The van der Waals surface area contributed by atoms with Gasteiger partial charge in [-0.05, 0) is 42.5 Å². The largest absolute Gasteiger partial charge is 0.504 e. The highest BCUT2D eigenvalue weighted by atomic mass is 19.1. The predicted octanol–water partition coefficient (Wildman–Crippen LogP) is 3.98. The van der Waals surface area contributed by atoms with Gasteiger partial charge in [0.05, 0.1) is 30.2 Å². The van der Waals surface area contributed by atoms with E-state index in [2.05, 4.69) is 15.3 Å². The number of halogens is 1. The molecule has 4 aromatic rings. The van der Waals surface area contributed by atoms with Gasteiger partial charge in [-0.2, -0.15) is 0 Å². The van der Waals surface area contributed by atoms with Crippen LogP contribution in [0.5, 0.6) is 11.5 Å². The molecule has 2 heterocycles. The average molecular weight is 364 g/mol. The molecule has 0 bridgehead atoms. The van der Waals surface area contributed by atoms with Gasteiger partial charge in [-0.25, -0.2) is 9.37 Å². The van der Waals surface area contributed by atoms with Crippen LogP contribution in [0, 0.1) is 5.82 Å². The van der Waals surface area contributed by atoms with Crippen molar-refractivity contribution in [1.29, 1.82) is 0 Å². The van der Waals surface area contributed by atoms with Crippen LogP contribution >= 0.6 is 0 Å². The normalized spacial score (nSPS) is 10.9. The monoisotopic (exact) mass is 364 g/mol. The maximum absolute atomic E-state index is 13.8. The third-order valence-corrected chi connectivity index (χ3v) is 4.31. The Balaban J connectivity index is 1.93. The number of rotatable bonds is 4. The van der Waals surface area contributed by atoms with E-state index < -0.39 is 0 Å². The maximum Gasteiger partial charge on any atom is 0.208 e. The van der Waals surface area contributed by atoms with E-state index in [1.54, 1.807) is 37.5 Å². The number of nitrogens with zero attached hydrogens (tertiary/aromatic N) is 3. The van der Waals surface area contributed by atoms with Gasteiger partial charge >= 0.3 is 0 Å². The van der Waals surface area contributed by atoms with Crippen LogP contribution in [-0.2, 0) is 0 Å². The van der Waals surface area contributed by atoms with Crippen LogP contribution in [0.15, 0.2) is 54.7 Å². The first-order valence-corrected chi connectivity index (χ1v) is 8.30. The summed E-state index contributed by atoms with van der Waals surface area (Å²) in [5, 5.41) is 12.8. The van der Waals surface area contributed by atoms with Crippen LogP contribution in [-0.4, -0.2) is 33.8 Å². The molecular weight excluding hydrogens is 347 g/mol. The zero-order chi connectivity index (χ0) is 19.0. The summed E-state index contributed by atoms with van der Waals surface area (Å²) in [4.78, 5) is 8.99. The van der Waals surface area contributed by atoms with Crippen molar-refractivity contribution in [1.82, 2.24) is 14.5 Å². The van der Waals surface area contributed by atoms with E-state index in [4.69, 9.17) is 4.74 Å². The zero-order valence-corrected chi connectivity index (χ0v) is 14.8. The molecule has 2 aromatic carbocycles. The van der Waals surface area contributed by atoms with Gasteiger partial charge in [-0.3, -0.25) is 9.55 Å². The van der Waals surface area contributed by atoms with Crippen LogP contribution < -0.4 is 10.1 Å². The standard InChI is InChI=1S/C20H17FN4O2/c1-22-20-24-16-11-23-15(12-6-7-18(26)19(8-12)27-2)10-17(16)25(20)14-5-3-4-13(21)9-14/h3-11,26H,1-2H3,(H,22,24). The fraction of sp³-hybridized carbons (Fsp3) is 0.100. The summed E-state index contributed by atoms with van der Waals surface area (Å²) < 4.78 is 20.8. The summed E-state index contributed by atoms with van der Waals surface area (Å²) in [5.74, 6) is 0.681. The molecule has 2 aromatic heterocycles. The van der Waals surface area contributed by atoms with Gasteiger partial charge in [0.25, 0.3) is 0 Å².